The van der Waals surface area contributed by atoms with E-state index < -0.39 is 0 Å². The Labute approximate surface area is 107 Å². The number of nitrogens with zero attached hydrogens (tertiary/aromatic N) is 4. The van der Waals surface area contributed by atoms with Crippen LogP contribution in [0.1, 0.15) is 42.0 Å². The molecule has 1 rings (SSSR count). The van der Waals surface area contributed by atoms with E-state index in [1.54, 1.807) is 18.0 Å². The van der Waals surface area contributed by atoms with Crippen molar-refractivity contribution in [3.8, 4) is 6.07 Å². The molecule has 1 atom stereocenters. The molecule has 1 heterocycles. The molecule has 0 aromatic carbocycles. The fourth-order valence-corrected chi connectivity index (χ4v) is 1.62. The number of hydrogen-bond donors (Lipinski definition) is 0. The summed E-state index contributed by atoms with van der Waals surface area (Å²) in [6, 6.07) is 3.72. The van der Waals surface area contributed by atoms with Crippen LogP contribution in [0.5, 0.6) is 0 Å². The zero-order valence-electron chi connectivity index (χ0n) is 11.3. The lowest BCUT2D eigenvalue weighted by Crippen LogP contribution is -2.35. The first kappa shape index (κ1) is 14.1. The van der Waals surface area contributed by atoms with Gasteiger partial charge in [0.1, 0.15) is 0 Å². The number of aryl methyl sites for hydroxylation is 2. The van der Waals surface area contributed by atoms with E-state index in [1.807, 2.05) is 20.8 Å². The summed E-state index contributed by atoms with van der Waals surface area (Å²) in [4.78, 5) is 13.9. The van der Waals surface area contributed by atoms with E-state index in [1.165, 1.54) is 0 Å². The fourth-order valence-electron chi connectivity index (χ4n) is 1.62. The van der Waals surface area contributed by atoms with Gasteiger partial charge in [-0.15, -0.1) is 0 Å². The quantitative estimate of drug-likeness (QED) is 0.811. The van der Waals surface area contributed by atoms with Crippen LogP contribution in [0.4, 0.5) is 0 Å². The molecule has 0 N–H and O–H groups in total. The molecule has 18 heavy (non-hydrogen) atoms. The smallest absolute Gasteiger partial charge is 0.255 e. The highest BCUT2D eigenvalue weighted by atomic mass is 16.2. The lowest BCUT2D eigenvalue weighted by Gasteiger charge is -2.23. The monoisotopic (exact) mass is 246 g/mol. The van der Waals surface area contributed by atoms with Gasteiger partial charge in [0.25, 0.3) is 5.91 Å². The molecule has 0 aliphatic heterocycles. The van der Waals surface area contributed by atoms with Crippen LogP contribution in [0.3, 0.4) is 0 Å². The number of carbonyl (C=O) groups is 1. The van der Waals surface area contributed by atoms with E-state index >= 15 is 0 Å². The van der Waals surface area contributed by atoms with Gasteiger partial charge in [0.15, 0.2) is 0 Å². The molecule has 1 aromatic heterocycles. The van der Waals surface area contributed by atoms with Crippen molar-refractivity contribution in [2.75, 3.05) is 7.05 Å². The minimum atomic E-state index is -0.110. The van der Waals surface area contributed by atoms with E-state index in [9.17, 15) is 4.79 Å². The van der Waals surface area contributed by atoms with E-state index in [-0.39, 0.29) is 11.9 Å². The average Bonchev–Trinajstić information content (AvgIpc) is 2.37. The minimum Gasteiger partial charge on any atom is -0.338 e. The minimum absolute atomic E-state index is 0.104. The van der Waals surface area contributed by atoms with Crippen molar-refractivity contribution in [1.29, 1.82) is 5.26 Å². The Balaban J connectivity index is 3.03. The lowest BCUT2D eigenvalue weighted by atomic mass is 10.1. The number of rotatable bonds is 4. The van der Waals surface area contributed by atoms with Crippen LogP contribution in [-0.2, 0) is 6.42 Å². The topological polar surface area (TPSA) is 69.9 Å². The van der Waals surface area contributed by atoms with Crippen molar-refractivity contribution in [3.63, 3.8) is 0 Å². The first-order valence-corrected chi connectivity index (χ1v) is 5.98. The summed E-state index contributed by atoms with van der Waals surface area (Å²) in [5.74, 6) is -0.104. The van der Waals surface area contributed by atoms with Crippen LogP contribution in [-0.4, -0.2) is 34.1 Å². The van der Waals surface area contributed by atoms with Crippen LogP contribution in [0.2, 0.25) is 0 Å². The lowest BCUT2D eigenvalue weighted by molar-refractivity contribution is 0.0744. The van der Waals surface area contributed by atoms with Gasteiger partial charge in [0.2, 0.25) is 0 Å². The summed E-state index contributed by atoms with van der Waals surface area (Å²) in [6.45, 7) is 5.60. The maximum absolute atomic E-state index is 12.3. The summed E-state index contributed by atoms with van der Waals surface area (Å²) >= 11 is 0. The van der Waals surface area contributed by atoms with Gasteiger partial charge in [-0.05, 0) is 26.3 Å². The highest BCUT2D eigenvalue weighted by Crippen LogP contribution is 2.13. The van der Waals surface area contributed by atoms with Gasteiger partial charge in [0.05, 0.1) is 29.4 Å². The summed E-state index contributed by atoms with van der Waals surface area (Å²) in [6.07, 6.45) is 0.982. The Hall–Kier alpha value is -1.96. The van der Waals surface area contributed by atoms with Crippen molar-refractivity contribution in [2.45, 2.75) is 39.7 Å². The van der Waals surface area contributed by atoms with Gasteiger partial charge < -0.3 is 4.90 Å². The largest absolute Gasteiger partial charge is 0.338 e. The number of hydrogen-bond acceptors (Lipinski definition) is 4. The Kier molecular flexibility index (Phi) is 4.78. The molecule has 0 saturated heterocycles. The average molecular weight is 246 g/mol. The van der Waals surface area contributed by atoms with Gasteiger partial charge in [-0.2, -0.15) is 15.5 Å². The van der Waals surface area contributed by atoms with Crippen LogP contribution in [0.25, 0.3) is 0 Å². The molecule has 1 aromatic rings. The second-order valence-corrected chi connectivity index (χ2v) is 4.33. The summed E-state index contributed by atoms with van der Waals surface area (Å²) in [5.41, 5.74) is 2.00. The van der Waals surface area contributed by atoms with E-state index in [4.69, 9.17) is 5.26 Å². The first-order valence-electron chi connectivity index (χ1n) is 5.98. The van der Waals surface area contributed by atoms with Gasteiger partial charge >= 0.3 is 0 Å². The standard InChI is InChI=1S/C13H18N4O/c1-5-12-11(8-9(2)15-16-12)13(18)17(4)10(3)6-7-14/h8,10H,5-6H2,1-4H3. The molecule has 96 valence electrons. The van der Waals surface area contributed by atoms with Crippen molar-refractivity contribution in [1.82, 2.24) is 15.1 Å². The summed E-state index contributed by atoms with van der Waals surface area (Å²) in [7, 11) is 1.71. The second kappa shape index (κ2) is 6.10. The normalized spacial score (nSPS) is 11.7. The molecule has 1 amide bonds. The Bertz CT molecular complexity index is 478. The van der Waals surface area contributed by atoms with Crippen LogP contribution in [0.15, 0.2) is 6.07 Å². The van der Waals surface area contributed by atoms with Crippen molar-refractivity contribution in [2.24, 2.45) is 0 Å². The number of amides is 1. The van der Waals surface area contributed by atoms with Crippen molar-refractivity contribution >= 4 is 5.91 Å². The van der Waals surface area contributed by atoms with Crippen LogP contribution >= 0.6 is 0 Å². The fraction of sp³-hybridized carbons (Fsp3) is 0.538. The second-order valence-electron chi connectivity index (χ2n) is 4.33. The van der Waals surface area contributed by atoms with Gasteiger partial charge in [-0.25, -0.2) is 0 Å². The summed E-state index contributed by atoms with van der Waals surface area (Å²) in [5, 5.41) is 16.7. The molecule has 0 aliphatic rings. The van der Waals surface area contributed by atoms with Gasteiger partial charge in [-0.1, -0.05) is 6.92 Å². The zero-order valence-corrected chi connectivity index (χ0v) is 11.3. The Morgan fingerprint density at radius 3 is 2.78 bits per heavy atom. The maximum atomic E-state index is 12.3. The summed E-state index contributed by atoms with van der Waals surface area (Å²) < 4.78 is 0. The van der Waals surface area contributed by atoms with E-state index in [0.29, 0.717) is 24.1 Å². The van der Waals surface area contributed by atoms with Crippen LogP contribution < -0.4 is 0 Å². The van der Waals surface area contributed by atoms with E-state index in [2.05, 4.69) is 16.3 Å². The third-order valence-electron chi connectivity index (χ3n) is 2.93. The Morgan fingerprint density at radius 1 is 1.56 bits per heavy atom. The highest BCUT2D eigenvalue weighted by molar-refractivity contribution is 5.95. The molecular formula is C13H18N4O. The molecule has 0 fully saturated rings. The molecule has 0 aliphatic carbocycles. The third kappa shape index (κ3) is 3.04. The maximum Gasteiger partial charge on any atom is 0.255 e. The van der Waals surface area contributed by atoms with Crippen LogP contribution in [0, 0.1) is 18.3 Å². The third-order valence-corrected chi connectivity index (χ3v) is 2.93. The molecule has 5 heteroatoms. The number of carbonyl (C=O) groups excluding carboxylic acids is 1. The highest BCUT2D eigenvalue weighted by Gasteiger charge is 2.20. The molecular weight excluding hydrogens is 228 g/mol. The SMILES string of the molecule is CCc1nnc(C)cc1C(=O)N(C)C(C)CC#N. The van der Waals surface area contributed by atoms with Gasteiger partial charge in [-0.3, -0.25) is 4.79 Å². The predicted molar refractivity (Wildman–Crippen MR) is 67.9 cm³/mol. The zero-order chi connectivity index (χ0) is 13.7. The predicted octanol–water partition coefficient (Wildman–Crippen LogP) is 1.72. The molecule has 5 nitrogen and oxygen atoms in total. The van der Waals surface area contributed by atoms with Crippen molar-refractivity contribution < 1.29 is 4.79 Å². The molecule has 0 radical (unpaired) electrons. The molecule has 1 unspecified atom stereocenters. The number of aromatic nitrogens is 2. The first-order chi connectivity index (χ1) is 8.51. The number of nitriles is 1. The van der Waals surface area contributed by atoms with Gasteiger partial charge in [0, 0.05) is 13.1 Å². The molecule has 0 saturated carbocycles. The van der Waals surface area contributed by atoms with Crippen molar-refractivity contribution in [3.05, 3.63) is 23.0 Å². The Morgan fingerprint density at radius 2 is 2.22 bits per heavy atom. The molecule has 0 spiro atoms. The van der Waals surface area contributed by atoms with E-state index in [0.717, 1.165) is 5.69 Å². The molecule has 0 bridgehead atoms.